The van der Waals surface area contributed by atoms with E-state index in [1.54, 1.807) is 26.0 Å². The van der Waals surface area contributed by atoms with Gasteiger partial charge >= 0.3 is 0 Å². The van der Waals surface area contributed by atoms with Crippen LogP contribution in [0.25, 0.3) is 0 Å². The maximum absolute atomic E-state index is 12.5. The van der Waals surface area contributed by atoms with Gasteiger partial charge in [0.2, 0.25) is 0 Å². The van der Waals surface area contributed by atoms with Gasteiger partial charge in [-0.25, -0.2) is 13.4 Å². The minimum absolute atomic E-state index is 0.132. The molecular weight excluding hydrogens is 422 g/mol. The highest BCUT2D eigenvalue weighted by atomic mass is 79.9. The van der Waals surface area contributed by atoms with Crippen molar-refractivity contribution in [2.45, 2.75) is 18.7 Å². The molecule has 0 fully saturated rings. The number of halogens is 2. The van der Waals surface area contributed by atoms with Crippen LogP contribution in [0, 0.1) is 13.8 Å². The maximum Gasteiger partial charge on any atom is 0.263 e. The molecule has 8 heteroatoms. The first-order valence-electron chi connectivity index (χ1n) is 5.91. The molecule has 0 aliphatic rings. The number of aromatic nitrogens is 1. The Balaban J connectivity index is 2.46. The Kier molecular flexibility index (Phi) is 4.60. The lowest BCUT2D eigenvalue weighted by Crippen LogP contribution is -2.16. The Bertz CT molecular complexity index is 807. The van der Waals surface area contributed by atoms with Crippen LogP contribution in [0.2, 0.25) is 0 Å². The number of rotatable bonds is 3. The van der Waals surface area contributed by atoms with E-state index in [-0.39, 0.29) is 4.90 Å². The second-order valence-corrected chi connectivity index (χ2v) is 7.98. The first-order valence-corrected chi connectivity index (χ1v) is 8.98. The summed E-state index contributed by atoms with van der Waals surface area (Å²) in [5, 5.41) is 0. The zero-order valence-electron chi connectivity index (χ0n) is 11.3. The van der Waals surface area contributed by atoms with Crippen molar-refractivity contribution in [2.24, 2.45) is 0 Å². The van der Waals surface area contributed by atoms with E-state index in [0.29, 0.717) is 21.5 Å². The van der Waals surface area contributed by atoms with Crippen LogP contribution in [0.3, 0.4) is 0 Å². The number of benzene rings is 1. The van der Waals surface area contributed by atoms with E-state index in [9.17, 15) is 8.42 Å². The van der Waals surface area contributed by atoms with Gasteiger partial charge in [-0.1, -0.05) is 0 Å². The van der Waals surface area contributed by atoms with Gasteiger partial charge in [0.25, 0.3) is 10.0 Å². The van der Waals surface area contributed by atoms with E-state index in [1.165, 1.54) is 12.3 Å². The average Bonchev–Trinajstić information content (AvgIpc) is 2.37. The number of nitrogens with two attached hydrogens (primary N) is 1. The van der Waals surface area contributed by atoms with Crippen molar-refractivity contribution < 1.29 is 8.42 Å². The highest BCUT2D eigenvalue weighted by Crippen LogP contribution is 2.28. The zero-order chi connectivity index (χ0) is 15.8. The van der Waals surface area contributed by atoms with E-state index in [4.69, 9.17) is 5.73 Å². The summed E-state index contributed by atoms with van der Waals surface area (Å²) in [4.78, 5) is 4.21. The molecule has 0 saturated heterocycles. The zero-order valence-corrected chi connectivity index (χ0v) is 15.3. The molecule has 0 bridgehead atoms. The van der Waals surface area contributed by atoms with E-state index in [1.807, 2.05) is 0 Å². The Labute approximate surface area is 140 Å². The topological polar surface area (TPSA) is 85.1 Å². The molecule has 1 aromatic heterocycles. The maximum atomic E-state index is 12.5. The largest absolute Gasteiger partial charge is 0.398 e. The standard InChI is InChI=1S/C13H13Br2N3O2S/c1-7-4-10(15)11(16)5-12(7)21(19,20)18-13-8(2)3-9(14)6-17-13/h3-6H,16H2,1-2H3,(H,17,18). The molecule has 5 nitrogen and oxygen atoms in total. The van der Waals surface area contributed by atoms with Crippen molar-refractivity contribution >= 4 is 53.4 Å². The third kappa shape index (κ3) is 3.56. The fourth-order valence-electron chi connectivity index (χ4n) is 1.79. The first kappa shape index (κ1) is 16.3. The second-order valence-electron chi connectivity index (χ2n) is 4.56. The van der Waals surface area contributed by atoms with Crippen LogP contribution < -0.4 is 10.5 Å². The number of sulfonamides is 1. The normalized spacial score (nSPS) is 11.4. The molecule has 0 amide bonds. The third-order valence-corrected chi connectivity index (χ3v) is 5.46. The fraction of sp³-hybridized carbons (Fsp3) is 0.154. The molecule has 2 rings (SSSR count). The van der Waals surface area contributed by atoms with Crippen LogP contribution in [0.5, 0.6) is 0 Å². The summed E-state index contributed by atoms with van der Waals surface area (Å²) in [5.41, 5.74) is 7.44. The second kappa shape index (κ2) is 5.94. The van der Waals surface area contributed by atoms with Crippen LogP contribution in [0.4, 0.5) is 11.5 Å². The summed E-state index contributed by atoms with van der Waals surface area (Å²) in [6.07, 6.45) is 1.54. The highest BCUT2D eigenvalue weighted by Gasteiger charge is 2.20. The van der Waals surface area contributed by atoms with Crippen LogP contribution in [0.1, 0.15) is 11.1 Å². The lowest BCUT2D eigenvalue weighted by atomic mass is 10.2. The molecule has 3 N–H and O–H groups in total. The summed E-state index contributed by atoms with van der Waals surface area (Å²) in [7, 11) is -3.75. The molecule has 0 atom stereocenters. The number of nitrogen functional groups attached to an aromatic ring is 1. The predicted molar refractivity (Wildman–Crippen MR) is 90.8 cm³/mol. The predicted octanol–water partition coefficient (Wildman–Crippen LogP) is 3.61. The number of hydrogen-bond donors (Lipinski definition) is 2. The van der Waals surface area contributed by atoms with Gasteiger partial charge < -0.3 is 5.73 Å². The summed E-state index contributed by atoms with van der Waals surface area (Å²) >= 11 is 6.56. The van der Waals surface area contributed by atoms with E-state index in [2.05, 4.69) is 41.6 Å². The number of pyridine rings is 1. The van der Waals surface area contributed by atoms with E-state index < -0.39 is 10.0 Å². The molecule has 0 unspecified atom stereocenters. The molecule has 2 aromatic rings. The van der Waals surface area contributed by atoms with Crippen molar-refractivity contribution in [2.75, 3.05) is 10.5 Å². The minimum atomic E-state index is -3.75. The van der Waals surface area contributed by atoms with Gasteiger partial charge in [0.1, 0.15) is 5.82 Å². The van der Waals surface area contributed by atoms with Gasteiger partial charge in [-0.3, -0.25) is 4.72 Å². The minimum Gasteiger partial charge on any atom is -0.398 e. The molecule has 0 saturated carbocycles. The number of nitrogens with zero attached hydrogens (tertiary/aromatic N) is 1. The lowest BCUT2D eigenvalue weighted by molar-refractivity contribution is 0.600. The van der Waals surface area contributed by atoms with Gasteiger partial charge in [0.05, 0.1) is 4.90 Å². The fourth-order valence-corrected chi connectivity index (χ4v) is 4.03. The molecular formula is C13H13Br2N3O2S. The average molecular weight is 435 g/mol. The lowest BCUT2D eigenvalue weighted by Gasteiger charge is -2.13. The van der Waals surface area contributed by atoms with Crippen LogP contribution >= 0.6 is 31.9 Å². The molecule has 0 spiro atoms. The van der Waals surface area contributed by atoms with Crippen LogP contribution in [0.15, 0.2) is 38.2 Å². The van der Waals surface area contributed by atoms with Gasteiger partial charge in [0.15, 0.2) is 0 Å². The van der Waals surface area contributed by atoms with Gasteiger partial charge in [-0.05, 0) is 75.0 Å². The summed E-state index contributed by atoms with van der Waals surface area (Å²) in [5.74, 6) is 0.291. The molecule has 21 heavy (non-hydrogen) atoms. The van der Waals surface area contributed by atoms with Gasteiger partial charge in [-0.15, -0.1) is 0 Å². The molecule has 112 valence electrons. The third-order valence-electron chi connectivity index (χ3n) is 2.86. The smallest absolute Gasteiger partial charge is 0.263 e. The summed E-state index contributed by atoms with van der Waals surface area (Å²) in [6, 6.07) is 4.88. The highest BCUT2D eigenvalue weighted by molar-refractivity contribution is 9.10. The Morgan fingerprint density at radius 2 is 1.81 bits per heavy atom. The molecule has 0 aliphatic carbocycles. The van der Waals surface area contributed by atoms with Crippen molar-refractivity contribution in [3.8, 4) is 0 Å². The first-order chi connectivity index (χ1) is 9.70. The Hall–Kier alpha value is -1.12. The van der Waals surface area contributed by atoms with E-state index in [0.717, 1.165) is 10.0 Å². The molecule has 1 heterocycles. The Morgan fingerprint density at radius 1 is 1.14 bits per heavy atom. The molecule has 0 radical (unpaired) electrons. The van der Waals surface area contributed by atoms with Crippen LogP contribution in [-0.2, 0) is 10.0 Å². The number of anilines is 2. The van der Waals surface area contributed by atoms with Crippen molar-refractivity contribution in [3.05, 3.63) is 44.5 Å². The van der Waals surface area contributed by atoms with E-state index >= 15 is 0 Å². The van der Waals surface area contributed by atoms with Crippen LogP contribution in [-0.4, -0.2) is 13.4 Å². The number of hydrogen-bond acceptors (Lipinski definition) is 4. The molecule has 0 aliphatic heterocycles. The SMILES string of the molecule is Cc1cc(Br)c(N)cc1S(=O)(=O)Nc1ncc(Br)cc1C. The Morgan fingerprint density at radius 3 is 2.43 bits per heavy atom. The molecule has 1 aromatic carbocycles. The summed E-state index contributed by atoms with van der Waals surface area (Å²) in [6.45, 7) is 3.49. The monoisotopic (exact) mass is 433 g/mol. The van der Waals surface area contributed by atoms with Crippen molar-refractivity contribution in [1.29, 1.82) is 0 Å². The quantitative estimate of drug-likeness (QED) is 0.722. The van der Waals surface area contributed by atoms with Gasteiger partial charge in [-0.2, -0.15) is 0 Å². The van der Waals surface area contributed by atoms with Crippen molar-refractivity contribution in [3.63, 3.8) is 0 Å². The number of aryl methyl sites for hydroxylation is 2. The van der Waals surface area contributed by atoms with Crippen molar-refractivity contribution in [1.82, 2.24) is 4.98 Å². The van der Waals surface area contributed by atoms with Gasteiger partial charge in [0, 0.05) is 20.8 Å². The number of nitrogens with one attached hydrogen (secondary N) is 1. The summed E-state index contributed by atoms with van der Waals surface area (Å²) < 4.78 is 28.9.